The minimum Gasteiger partial charge on any atom is -0.335 e. The van der Waals surface area contributed by atoms with Gasteiger partial charge in [-0.05, 0) is 32.9 Å². The molecule has 2 heteroatoms. The quantitative estimate of drug-likeness (QED) is 0.525. The summed E-state index contributed by atoms with van der Waals surface area (Å²) in [7, 11) is 5.94. The summed E-state index contributed by atoms with van der Waals surface area (Å²) >= 11 is 0. The molecule has 1 heterocycles. The molecule has 0 saturated carbocycles. The molecule has 0 atom stereocenters. The van der Waals surface area contributed by atoms with Gasteiger partial charge in [0.15, 0.2) is 0 Å². The summed E-state index contributed by atoms with van der Waals surface area (Å²) in [6.45, 7) is 6.67. The third kappa shape index (κ3) is 1.56. The van der Waals surface area contributed by atoms with Crippen molar-refractivity contribution in [1.29, 1.82) is 0 Å². The molecule has 0 unspecified atom stereocenters. The molecule has 3 rings (SSSR count). The third-order valence-electron chi connectivity index (χ3n) is 3.37. The number of aromatic nitrogens is 1. The van der Waals surface area contributed by atoms with Crippen LogP contribution in [-0.2, 0) is 5.54 Å². The van der Waals surface area contributed by atoms with E-state index in [-0.39, 0.29) is 5.54 Å². The van der Waals surface area contributed by atoms with Gasteiger partial charge in [0.2, 0.25) is 0 Å². The van der Waals surface area contributed by atoms with Gasteiger partial charge in [-0.25, -0.2) is 0 Å². The summed E-state index contributed by atoms with van der Waals surface area (Å²) in [6, 6.07) is 14.7. The van der Waals surface area contributed by atoms with Crippen LogP contribution >= 0.6 is 0 Å². The number of nitrogens with zero attached hydrogens (tertiary/aromatic N) is 1. The van der Waals surface area contributed by atoms with Crippen molar-refractivity contribution in [2.75, 3.05) is 0 Å². The van der Waals surface area contributed by atoms with E-state index < -0.39 is 0 Å². The van der Waals surface area contributed by atoms with Crippen LogP contribution in [0.1, 0.15) is 20.8 Å². The van der Waals surface area contributed by atoms with E-state index in [4.69, 9.17) is 7.85 Å². The number of benzene rings is 2. The number of fused-ring (bicyclic) bond motifs is 3. The first-order chi connectivity index (χ1) is 8.48. The normalized spacial score (nSPS) is 12.4. The zero-order valence-electron chi connectivity index (χ0n) is 11.1. The Bertz CT molecular complexity index is 732. The molecule has 1 aromatic heterocycles. The van der Waals surface area contributed by atoms with E-state index >= 15 is 0 Å². The van der Waals surface area contributed by atoms with Gasteiger partial charge in [0.05, 0.1) is 0 Å². The highest BCUT2D eigenvalue weighted by atomic mass is 15.0. The van der Waals surface area contributed by atoms with Gasteiger partial charge in [-0.15, -0.1) is 0 Å². The van der Waals surface area contributed by atoms with E-state index in [9.17, 15) is 0 Å². The summed E-state index contributed by atoms with van der Waals surface area (Å²) in [5.74, 6) is 0. The molecule has 1 nitrogen and oxygen atoms in total. The van der Waals surface area contributed by atoms with Gasteiger partial charge in [-0.2, -0.15) is 0 Å². The molecular formula is C16H16BN. The number of rotatable bonds is 0. The Morgan fingerprint density at radius 3 is 2.28 bits per heavy atom. The molecule has 2 radical (unpaired) electrons. The Hall–Kier alpha value is -1.70. The summed E-state index contributed by atoms with van der Waals surface area (Å²) in [6.07, 6.45) is 0. The maximum absolute atomic E-state index is 5.94. The lowest BCUT2D eigenvalue weighted by molar-refractivity contribution is 0.423. The van der Waals surface area contributed by atoms with E-state index in [1.54, 1.807) is 0 Å². The van der Waals surface area contributed by atoms with Crippen molar-refractivity contribution < 1.29 is 0 Å². The van der Waals surface area contributed by atoms with Crippen molar-refractivity contribution in [3.8, 4) is 0 Å². The molecule has 88 valence electrons. The van der Waals surface area contributed by atoms with Crippen LogP contribution in [0.3, 0.4) is 0 Å². The second kappa shape index (κ2) is 3.65. The fourth-order valence-electron chi connectivity index (χ4n) is 2.71. The predicted molar refractivity (Wildman–Crippen MR) is 79.8 cm³/mol. The lowest BCUT2D eigenvalue weighted by atomic mass is 9.95. The molecule has 0 aliphatic carbocycles. The van der Waals surface area contributed by atoms with Crippen molar-refractivity contribution in [2.24, 2.45) is 0 Å². The average Bonchev–Trinajstić information content (AvgIpc) is 2.61. The van der Waals surface area contributed by atoms with Crippen LogP contribution in [0.25, 0.3) is 21.8 Å². The summed E-state index contributed by atoms with van der Waals surface area (Å²) in [5.41, 5.74) is 3.33. The fraction of sp³-hybridized carbons (Fsp3) is 0.250. The van der Waals surface area contributed by atoms with Crippen LogP contribution in [0.4, 0.5) is 0 Å². The van der Waals surface area contributed by atoms with Crippen molar-refractivity contribution >= 4 is 35.1 Å². The molecule has 0 aliphatic rings. The van der Waals surface area contributed by atoms with Crippen LogP contribution in [0.15, 0.2) is 42.5 Å². The third-order valence-corrected chi connectivity index (χ3v) is 3.37. The predicted octanol–water partition coefficient (Wildman–Crippen LogP) is 3.34. The number of hydrogen-bond acceptors (Lipinski definition) is 0. The molecule has 3 aromatic rings. The first kappa shape index (κ1) is 11.4. The molecule has 0 bridgehead atoms. The highest BCUT2D eigenvalue weighted by molar-refractivity contribution is 6.33. The zero-order chi connectivity index (χ0) is 12.9. The van der Waals surface area contributed by atoms with E-state index in [2.05, 4.69) is 61.7 Å². The second-order valence-electron chi connectivity index (χ2n) is 5.80. The Morgan fingerprint density at radius 1 is 0.889 bits per heavy atom. The summed E-state index contributed by atoms with van der Waals surface area (Å²) in [4.78, 5) is 0. The SMILES string of the molecule is [B]c1ccc2c3ccccc3n(C(C)(C)C)c2c1. The van der Waals surface area contributed by atoms with Gasteiger partial charge in [-0.1, -0.05) is 35.8 Å². The molecular weight excluding hydrogens is 217 g/mol. The van der Waals surface area contributed by atoms with Crippen LogP contribution in [0.5, 0.6) is 0 Å². The second-order valence-corrected chi connectivity index (χ2v) is 5.80. The Kier molecular flexibility index (Phi) is 2.31. The van der Waals surface area contributed by atoms with Crippen molar-refractivity contribution in [1.82, 2.24) is 4.57 Å². The van der Waals surface area contributed by atoms with Crippen LogP contribution < -0.4 is 5.46 Å². The smallest absolute Gasteiger partial charge is 0.113 e. The molecule has 0 spiro atoms. The Morgan fingerprint density at radius 2 is 1.56 bits per heavy atom. The topological polar surface area (TPSA) is 4.93 Å². The van der Waals surface area contributed by atoms with Crippen LogP contribution in [0.2, 0.25) is 0 Å². The molecule has 0 aliphatic heterocycles. The lowest BCUT2D eigenvalue weighted by Gasteiger charge is -2.24. The van der Waals surface area contributed by atoms with E-state index in [0.717, 1.165) is 5.46 Å². The van der Waals surface area contributed by atoms with Crippen LogP contribution in [-0.4, -0.2) is 12.4 Å². The highest BCUT2D eigenvalue weighted by Gasteiger charge is 2.19. The van der Waals surface area contributed by atoms with Crippen LogP contribution in [0, 0.1) is 0 Å². The van der Waals surface area contributed by atoms with E-state index in [0.29, 0.717) is 0 Å². The molecule has 18 heavy (non-hydrogen) atoms. The molecule has 2 aromatic carbocycles. The first-order valence-corrected chi connectivity index (χ1v) is 6.27. The van der Waals surface area contributed by atoms with Gasteiger partial charge in [0, 0.05) is 27.3 Å². The Labute approximate surface area is 109 Å². The minimum absolute atomic E-state index is 0.0369. The van der Waals surface area contributed by atoms with Gasteiger partial charge >= 0.3 is 0 Å². The highest BCUT2D eigenvalue weighted by Crippen LogP contribution is 2.33. The van der Waals surface area contributed by atoms with E-state index in [1.165, 1.54) is 21.8 Å². The van der Waals surface area contributed by atoms with Gasteiger partial charge < -0.3 is 4.57 Å². The number of para-hydroxylation sites is 1. The Balaban J connectivity index is 2.59. The van der Waals surface area contributed by atoms with Crippen molar-refractivity contribution in [3.05, 3.63) is 42.5 Å². The van der Waals surface area contributed by atoms with Gasteiger partial charge in [0.1, 0.15) is 7.85 Å². The average molecular weight is 233 g/mol. The standard InChI is InChI=1S/C16H16BN/c1-16(2,3)18-14-7-5-4-6-12(14)13-9-8-11(17)10-15(13)18/h4-10H,1-3H3. The zero-order valence-corrected chi connectivity index (χ0v) is 11.1. The maximum atomic E-state index is 5.94. The molecule has 0 N–H and O–H groups in total. The largest absolute Gasteiger partial charge is 0.335 e. The monoisotopic (exact) mass is 233 g/mol. The molecule has 0 amide bonds. The van der Waals surface area contributed by atoms with Crippen molar-refractivity contribution in [2.45, 2.75) is 26.3 Å². The van der Waals surface area contributed by atoms with Crippen molar-refractivity contribution in [3.63, 3.8) is 0 Å². The number of hydrogen-bond donors (Lipinski definition) is 0. The maximum Gasteiger partial charge on any atom is 0.113 e. The lowest BCUT2D eigenvalue weighted by Crippen LogP contribution is -2.21. The molecule has 0 fully saturated rings. The fourth-order valence-corrected chi connectivity index (χ4v) is 2.71. The summed E-state index contributed by atoms with van der Waals surface area (Å²) < 4.78 is 2.37. The van der Waals surface area contributed by atoms with Gasteiger partial charge in [0.25, 0.3) is 0 Å². The summed E-state index contributed by atoms with van der Waals surface area (Å²) in [5, 5.41) is 2.57. The van der Waals surface area contributed by atoms with Gasteiger partial charge in [-0.3, -0.25) is 0 Å². The van der Waals surface area contributed by atoms with E-state index in [1.807, 2.05) is 6.07 Å². The minimum atomic E-state index is 0.0369. The first-order valence-electron chi connectivity index (χ1n) is 6.27. The molecule has 0 saturated heterocycles.